The molecule has 0 N–H and O–H groups in total. The molecular formula is C22H33N3O2S. The van der Waals surface area contributed by atoms with Crippen LogP contribution in [0.2, 0.25) is 0 Å². The van der Waals surface area contributed by atoms with Gasteiger partial charge in [-0.3, -0.25) is 4.90 Å². The first-order chi connectivity index (χ1) is 13.2. The van der Waals surface area contributed by atoms with E-state index in [0.717, 1.165) is 31.4 Å². The Labute approximate surface area is 172 Å². The van der Waals surface area contributed by atoms with Gasteiger partial charge in [-0.25, -0.2) is 9.78 Å². The standard InChI is InChI=1S/C22H33N3O2S/c1-7-17-13-25(21(26)27-22(4,5)6)18(8-2)12-24(17)15(3)16-9-10-19-20(11-16)28-14-23-19/h9-11,14-15,17-18H,7-8,12-13H2,1-6H3/t15?,17-,18+/m1/s1. The minimum Gasteiger partial charge on any atom is -0.444 e. The zero-order chi connectivity index (χ0) is 20.5. The average Bonchev–Trinajstić information content (AvgIpc) is 3.12. The van der Waals surface area contributed by atoms with Crippen LogP contribution < -0.4 is 0 Å². The van der Waals surface area contributed by atoms with Crippen molar-refractivity contribution in [1.29, 1.82) is 0 Å². The number of amides is 1. The summed E-state index contributed by atoms with van der Waals surface area (Å²) in [5.74, 6) is 0. The highest BCUT2D eigenvalue weighted by atomic mass is 32.1. The zero-order valence-electron chi connectivity index (χ0n) is 17.9. The van der Waals surface area contributed by atoms with Gasteiger partial charge in [-0.15, -0.1) is 11.3 Å². The van der Waals surface area contributed by atoms with Gasteiger partial charge in [-0.05, 0) is 58.2 Å². The summed E-state index contributed by atoms with van der Waals surface area (Å²) in [6.45, 7) is 14.0. The number of benzene rings is 1. The first-order valence-corrected chi connectivity index (χ1v) is 11.2. The fourth-order valence-corrected chi connectivity index (χ4v) is 4.75. The second-order valence-corrected chi connectivity index (χ2v) is 9.60. The number of ether oxygens (including phenoxy) is 1. The monoisotopic (exact) mass is 403 g/mol. The van der Waals surface area contributed by atoms with Gasteiger partial charge in [0.2, 0.25) is 0 Å². The molecule has 2 heterocycles. The van der Waals surface area contributed by atoms with Gasteiger partial charge in [0.05, 0.1) is 15.7 Å². The number of aromatic nitrogens is 1. The molecule has 154 valence electrons. The van der Waals surface area contributed by atoms with Gasteiger partial charge >= 0.3 is 6.09 Å². The van der Waals surface area contributed by atoms with Crippen LogP contribution in [0.3, 0.4) is 0 Å². The number of carbonyl (C=O) groups is 1. The summed E-state index contributed by atoms with van der Waals surface area (Å²) in [6.07, 6.45) is 1.74. The van der Waals surface area contributed by atoms with Gasteiger partial charge in [0.25, 0.3) is 0 Å². The Bertz CT molecular complexity index is 813. The largest absolute Gasteiger partial charge is 0.444 e. The van der Waals surface area contributed by atoms with Crippen molar-refractivity contribution < 1.29 is 9.53 Å². The molecule has 1 aromatic heterocycles. The number of piperazine rings is 1. The average molecular weight is 404 g/mol. The smallest absolute Gasteiger partial charge is 0.410 e. The highest BCUT2D eigenvalue weighted by molar-refractivity contribution is 7.16. The summed E-state index contributed by atoms with van der Waals surface area (Å²) in [5, 5.41) is 0. The number of nitrogens with zero attached hydrogens (tertiary/aromatic N) is 3. The van der Waals surface area contributed by atoms with Crippen molar-refractivity contribution in [3.8, 4) is 0 Å². The second kappa shape index (κ2) is 8.37. The summed E-state index contributed by atoms with van der Waals surface area (Å²) < 4.78 is 6.92. The third-order valence-corrected chi connectivity index (χ3v) is 6.44. The number of hydrogen-bond donors (Lipinski definition) is 0. The molecule has 1 saturated heterocycles. The summed E-state index contributed by atoms with van der Waals surface area (Å²) in [7, 11) is 0. The molecule has 0 spiro atoms. The van der Waals surface area contributed by atoms with Crippen LogP contribution in [0.5, 0.6) is 0 Å². The topological polar surface area (TPSA) is 45.7 Å². The fraction of sp³-hybridized carbons (Fsp3) is 0.636. The molecule has 1 aromatic carbocycles. The van der Waals surface area contributed by atoms with Gasteiger partial charge in [-0.1, -0.05) is 19.9 Å². The molecule has 6 heteroatoms. The molecule has 2 aromatic rings. The van der Waals surface area contributed by atoms with E-state index in [1.165, 1.54) is 10.3 Å². The molecule has 5 nitrogen and oxygen atoms in total. The van der Waals surface area contributed by atoms with Crippen LogP contribution >= 0.6 is 11.3 Å². The lowest BCUT2D eigenvalue weighted by atomic mass is 9.97. The van der Waals surface area contributed by atoms with Crippen LogP contribution in [0.1, 0.15) is 66.0 Å². The maximum atomic E-state index is 12.8. The Balaban J connectivity index is 1.81. The predicted octanol–water partition coefficient (Wildman–Crippen LogP) is 5.47. The van der Waals surface area contributed by atoms with E-state index in [9.17, 15) is 4.79 Å². The van der Waals surface area contributed by atoms with Crippen molar-refractivity contribution in [3.05, 3.63) is 29.3 Å². The van der Waals surface area contributed by atoms with Gasteiger partial charge < -0.3 is 9.64 Å². The Kier molecular flexibility index (Phi) is 6.30. The molecule has 3 atom stereocenters. The maximum absolute atomic E-state index is 12.8. The van der Waals surface area contributed by atoms with Gasteiger partial charge in [-0.2, -0.15) is 0 Å². The molecule has 3 rings (SSSR count). The lowest BCUT2D eigenvalue weighted by Gasteiger charge is -2.48. The van der Waals surface area contributed by atoms with Crippen LogP contribution in [-0.2, 0) is 4.74 Å². The van der Waals surface area contributed by atoms with Gasteiger partial charge in [0.15, 0.2) is 0 Å². The SMILES string of the molecule is CC[C@H]1CN(C(C)c2ccc3ncsc3c2)[C@H](CC)CN1C(=O)OC(C)(C)C. The third kappa shape index (κ3) is 4.49. The van der Waals surface area contributed by atoms with Crippen molar-refractivity contribution in [2.24, 2.45) is 0 Å². The molecule has 1 aliphatic rings. The minimum atomic E-state index is -0.467. The van der Waals surface area contributed by atoms with E-state index in [4.69, 9.17) is 4.74 Å². The van der Waals surface area contributed by atoms with Crippen LogP contribution in [0.4, 0.5) is 4.79 Å². The number of thiazole rings is 1. The first-order valence-electron chi connectivity index (χ1n) is 10.3. The molecular weight excluding hydrogens is 370 g/mol. The molecule has 0 bridgehead atoms. The Morgan fingerprint density at radius 1 is 1.25 bits per heavy atom. The molecule has 1 fully saturated rings. The minimum absolute atomic E-state index is 0.173. The van der Waals surface area contributed by atoms with E-state index < -0.39 is 5.60 Å². The Morgan fingerprint density at radius 3 is 2.61 bits per heavy atom. The second-order valence-electron chi connectivity index (χ2n) is 8.71. The highest BCUT2D eigenvalue weighted by Gasteiger charge is 2.38. The number of fused-ring (bicyclic) bond motifs is 1. The van der Waals surface area contributed by atoms with Crippen LogP contribution in [-0.4, -0.2) is 51.7 Å². The van der Waals surface area contributed by atoms with Crippen LogP contribution in [0, 0.1) is 0 Å². The summed E-state index contributed by atoms with van der Waals surface area (Å²) in [4.78, 5) is 21.7. The van der Waals surface area contributed by atoms with Crippen molar-refractivity contribution in [1.82, 2.24) is 14.8 Å². The highest BCUT2D eigenvalue weighted by Crippen LogP contribution is 2.32. The van der Waals surface area contributed by atoms with Crippen molar-refractivity contribution >= 4 is 27.6 Å². The number of rotatable bonds is 4. The van der Waals surface area contributed by atoms with E-state index in [1.807, 2.05) is 31.2 Å². The Morgan fingerprint density at radius 2 is 1.96 bits per heavy atom. The number of hydrogen-bond acceptors (Lipinski definition) is 5. The lowest BCUT2D eigenvalue weighted by Crippen LogP contribution is -2.60. The van der Waals surface area contributed by atoms with Gasteiger partial charge in [0.1, 0.15) is 5.60 Å². The number of carbonyl (C=O) groups excluding carboxylic acids is 1. The first kappa shape index (κ1) is 21.1. The molecule has 0 radical (unpaired) electrons. The predicted molar refractivity (Wildman–Crippen MR) is 116 cm³/mol. The third-order valence-electron chi connectivity index (χ3n) is 5.64. The molecule has 28 heavy (non-hydrogen) atoms. The van der Waals surface area contributed by atoms with Crippen LogP contribution in [0.15, 0.2) is 23.7 Å². The van der Waals surface area contributed by atoms with E-state index >= 15 is 0 Å². The van der Waals surface area contributed by atoms with E-state index in [0.29, 0.717) is 12.1 Å². The van der Waals surface area contributed by atoms with Gasteiger partial charge in [0, 0.05) is 31.2 Å². The normalized spacial score (nSPS) is 22.4. The van der Waals surface area contributed by atoms with E-state index in [-0.39, 0.29) is 12.1 Å². The van der Waals surface area contributed by atoms with Crippen molar-refractivity contribution in [3.63, 3.8) is 0 Å². The summed E-state index contributed by atoms with van der Waals surface area (Å²) in [6, 6.07) is 7.38. The summed E-state index contributed by atoms with van der Waals surface area (Å²) >= 11 is 1.69. The molecule has 0 saturated carbocycles. The van der Waals surface area contributed by atoms with Crippen molar-refractivity contribution in [2.75, 3.05) is 13.1 Å². The molecule has 0 aliphatic carbocycles. The quantitative estimate of drug-likeness (QED) is 0.679. The summed E-state index contributed by atoms with van der Waals surface area (Å²) in [5.41, 5.74) is 3.82. The zero-order valence-corrected chi connectivity index (χ0v) is 18.8. The molecule has 1 unspecified atom stereocenters. The maximum Gasteiger partial charge on any atom is 0.410 e. The lowest BCUT2D eigenvalue weighted by molar-refractivity contribution is -0.0268. The fourth-order valence-electron chi connectivity index (χ4n) is 4.03. The van der Waals surface area contributed by atoms with Crippen molar-refractivity contribution in [2.45, 2.75) is 78.1 Å². The Hall–Kier alpha value is -1.66. The molecule has 1 aliphatic heterocycles. The van der Waals surface area contributed by atoms with E-state index in [2.05, 4.69) is 48.9 Å². The van der Waals surface area contributed by atoms with E-state index in [1.54, 1.807) is 11.3 Å². The molecule has 1 amide bonds. The van der Waals surface area contributed by atoms with Crippen LogP contribution in [0.25, 0.3) is 10.2 Å².